The second-order valence-electron chi connectivity index (χ2n) is 3.37. The van der Waals surface area contributed by atoms with Crippen LogP contribution in [0.3, 0.4) is 0 Å². The van der Waals surface area contributed by atoms with Gasteiger partial charge in [0.15, 0.2) is 42.1 Å². The van der Waals surface area contributed by atoms with E-state index in [1.54, 1.807) is 33.8 Å². The lowest BCUT2D eigenvalue weighted by molar-refractivity contribution is 0.481. The van der Waals surface area contributed by atoms with Crippen LogP contribution in [0.15, 0.2) is 0 Å². The molecular formula is C7H26Al2O3P2. The van der Waals surface area contributed by atoms with Crippen molar-refractivity contribution in [2.45, 2.75) is 13.8 Å². The Morgan fingerprint density at radius 1 is 0.929 bits per heavy atom. The standard InChI is InChI=1S/C4H11O2P.C3H9OP.2Al.6H/c1-3-7(5,6)4-2;1-5(2,3)4;;;;;;;;/h3-4H2,1-2H3,(H,5,6);1-3H3;;;;;;;;. The molecule has 0 saturated carbocycles. The van der Waals surface area contributed by atoms with Crippen molar-refractivity contribution in [3.05, 3.63) is 0 Å². The molecule has 0 aromatic rings. The van der Waals surface area contributed by atoms with Crippen LogP contribution >= 0.6 is 14.5 Å². The van der Waals surface area contributed by atoms with Crippen molar-refractivity contribution in [3.63, 3.8) is 0 Å². The van der Waals surface area contributed by atoms with E-state index in [0.717, 1.165) is 0 Å². The van der Waals surface area contributed by atoms with Gasteiger partial charge in [0.1, 0.15) is 0 Å². The highest BCUT2D eigenvalue weighted by Gasteiger charge is 2.08. The Labute approximate surface area is 109 Å². The third kappa shape index (κ3) is 37.5. The largest absolute Gasteiger partial charge is 0.344 e. The van der Waals surface area contributed by atoms with Crippen LogP contribution in [0.25, 0.3) is 0 Å². The van der Waals surface area contributed by atoms with E-state index in [1.807, 2.05) is 0 Å². The Morgan fingerprint density at radius 2 is 1.07 bits per heavy atom. The molecule has 0 saturated heterocycles. The van der Waals surface area contributed by atoms with Gasteiger partial charge >= 0.3 is 0 Å². The van der Waals surface area contributed by atoms with Crippen LogP contribution in [0.5, 0.6) is 0 Å². The highest BCUT2D eigenvalue weighted by Crippen LogP contribution is 2.38. The van der Waals surface area contributed by atoms with Gasteiger partial charge in [-0.15, -0.1) is 0 Å². The molecule has 0 radical (unpaired) electrons. The highest BCUT2D eigenvalue weighted by molar-refractivity contribution is 7.61. The summed E-state index contributed by atoms with van der Waals surface area (Å²) in [4.78, 5) is 8.69. The Kier molecular flexibility index (Phi) is 19.3. The first-order chi connectivity index (χ1) is 5.12. The van der Waals surface area contributed by atoms with Crippen LogP contribution in [0, 0.1) is 0 Å². The van der Waals surface area contributed by atoms with Gasteiger partial charge in [0, 0.05) is 12.3 Å². The molecule has 1 N–H and O–H groups in total. The van der Waals surface area contributed by atoms with Crippen LogP contribution in [0.4, 0.5) is 0 Å². The molecule has 7 heteroatoms. The molecule has 0 fully saturated rings. The Balaban J connectivity index is -0.0000000651. The quantitative estimate of drug-likeness (QED) is 0.577. The van der Waals surface area contributed by atoms with Crippen molar-refractivity contribution in [3.8, 4) is 0 Å². The first kappa shape index (κ1) is 24.6. The van der Waals surface area contributed by atoms with E-state index >= 15 is 0 Å². The van der Waals surface area contributed by atoms with Crippen LogP contribution < -0.4 is 0 Å². The first-order valence-corrected chi connectivity index (χ1v) is 9.03. The van der Waals surface area contributed by atoms with E-state index < -0.39 is 14.5 Å². The van der Waals surface area contributed by atoms with Gasteiger partial charge in [-0.25, -0.2) is 0 Å². The van der Waals surface area contributed by atoms with Crippen molar-refractivity contribution in [1.29, 1.82) is 0 Å². The zero-order valence-electron chi connectivity index (χ0n) is 8.57. The van der Waals surface area contributed by atoms with Crippen LogP contribution in [-0.4, -0.2) is 71.9 Å². The van der Waals surface area contributed by atoms with Crippen molar-refractivity contribution >= 4 is 49.2 Å². The van der Waals surface area contributed by atoms with Gasteiger partial charge in [0.2, 0.25) is 0 Å². The van der Waals surface area contributed by atoms with Crippen LogP contribution in [0.1, 0.15) is 13.8 Å². The van der Waals surface area contributed by atoms with E-state index in [9.17, 15) is 9.13 Å². The second-order valence-corrected chi connectivity index (χ2v) is 10.1. The summed E-state index contributed by atoms with van der Waals surface area (Å²) < 4.78 is 20.7. The average Bonchev–Trinajstić information content (AvgIpc) is 1.85. The fourth-order valence-corrected chi connectivity index (χ4v) is 0.671. The fraction of sp³-hybridized carbons (Fsp3) is 1.00. The van der Waals surface area contributed by atoms with Crippen molar-refractivity contribution in [2.75, 3.05) is 32.3 Å². The number of hydrogen-bond donors (Lipinski definition) is 1. The predicted molar refractivity (Wildman–Crippen MR) is 76.2 cm³/mol. The first-order valence-electron chi connectivity index (χ1n) is 3.95. The molecule has 0 rings (SSSR count). The monoisotopic (exact) mass is 274 g/mol. The number of hydrogen-bond acceptors (Lipinski definition) is 2. The van der Waals surface area contributed by atoms with Gasteiger partial charge in [0.05, 0.1) is 7.14 Å². The lowest BCUT2D eigenvalue weighted by atomic mass is 11.0. The third-order valence-electron chi connectivity index (χ3n) is 0.988. The van der Waals surface area contributed by atoms with E-state index in [1.165, 1.54) is 0 Å². The second kappa shape index (κ2) is 11.0. The molecular weight excluding hydrogens is 248 g/mol. The topological polar surface area (TPSA) is 54.4 Å². The number of rotatable bonds is 2. The molecule has 0 aromatic carbocycles. The van der Waals surface area contributed by atoms with Crippen molar-refractivity contribution in [2.24, 2.45) is 0 Å². The van der Waals surface area contributed by atoms with Gasteiger partial charge in [-0.1, -0.05) is 13.8 Å². The molecule has 0 bridgehead atoms. The summed E-state index contributed by atoms with van der Waals surface area (Å²) >= 11 is 0. The van der Waals surface area contributed by atoms with Gasteiger partial charge in [-0.2, -0.15) is 0 Å². The molecule has 0 spiro atoms. The molecule has 0 aliphatic heterocycles. The Morgan fingerprint density at radius 3 is 1.07 bits per heavy atom. The van der Waals surface area contributed by atoms with E-state index in [-0.39, 0.29) is 34.7 Å². The van der Waals surface area contributed by atoms with Gasteiger partial charge in [-0.05, 0) is 20.0 Å². The molecule has 0 heterocycles. The Hall–Kier alpha value is 1.48. The molecule has 0 aliphatic carbocycles. The lowest BCUT2D eigenvalue weighted by Crippen LogP contribution is -1.84. The van der Waals surface area contributed by atoms with Crippen LogP contribution in [-0.2, 0) is 9.13 Å². The zero-order chi connectivity index (χ0) is 10.4. The molecule has 0 atom stereocenters. The maximum atomic E-state index is 10.5. The molecule has 0 amide bonds. The molecule has 88 valence electrons. The lowest BCUT2D eigenvalue weighted by Gasteiger charge is -2.01. The summed E-state index contributed by atoms with van der Waals surface area (Å²) in [6.07, 6.45) is 0.812. The minimum Gasteiger partial charge on any atom is -0.344 e. The van der Waals surface area contributed by atoms with Gasteiger partial charge in [0.25, 0.3) is 0 Å². The molecule has 0 aromatic heterocycles. The molecule has 0 unspecified atom stereocenters. The minimum atomic E-state index is -2.65. The summed E-state index contributed by atoms with van der Waals surface area (Å²) in [5.41, 5.74) is 0. The van der Waals surface area contributed by atoms with E-state index in [4.69, 9.17) is 4.89 Å². The van der Waals surface area contributed by atoms with E-state index in [0.29, 0.717) is 12.3 Å². The summed E-state index contributed by atoms with van der Waals surface area (Å²) in [6, 6.07) is 0. The summed E-state index contributed by atoms with van der Waals surface area (Å²) in [5.74, 6) is 0. The highest BCUT2D eigenvalue weighted by atomic mass is 31.2. The SMILES string of the molecule is CCP(=O)(O)CC.CP(C)(C)=O.[AlH3].[AlH3]. The fourth-order valence-electron chi connectivity index (χ4n) is 0.224. The van der Waals surface area contributed by atoms with Gasteiger partial charge < -0.3 is 9.46 Å². The van der Waals surface area contributed by atoms with Crippen LogP contribution in [0.2, 0.25) is 0 Å². The maximum Gasteiger partial charge on any atom is 0.200 e. The zero-order valence-corrected chi connectivity index (χ0v) is 10.4. The summed E-state index contributed by atoms with van der Waals surface area (Å²) in [7, 11) is -4.29. The van der Waals surface area contributed by atoms with Crippen molar-refractivity contribution < 1.29 is 14.0 Å². The maximum absolute atomic E-state index is 10.5. The minimum absolute atomic E-state index is 0. The average molecular weight is 274 g/mol. The normalized spacial score (nSPS) is 10.1. The third-order valence-corrected chi connectivity index (χ3v) is 2.96. The summed E-state index contributed by atoms with van der Waals surface area (Å²) in [5, 5.41) is 0. The Bertz CT molecular complexity index is 187. The van der Waals surface area contributed by atoms with Crippen molar-refractivity contribution in [1.82, 2.24) is 0 Å². The molecule has 0 aliphatic rings. The van der Waals surface area contributed by atoms with E-state index in [2.05, 4.69) is 0 Å². The molecule has 3 nitrogen and oxygen atoms in total. The summed E-state index contributed by atoms with van der Waals surface area (Å²) in [6.45, 7) is 8.68. The smallest absolute Gasteiger partial charge is 0.200 e. The van der Waals surface area contributed by atoms with Gasteiger partial charge in [-0.3, -0.25) is 4.57 Å². The predicted octanol–water partition coefficient (Wildman–Crippen LogP) is 0.168. The molecule has 14 heavy (non-hydrogen) atoms.